The van der Waals surface area contributed by atoms with Crippen LogP contribution in [-0.4, -0.2) is 19.6 Å². The Morgan fingerprint density at radius 3 is 2.00 bits per heavy atom. The molecule has 0 unspecified atom stereocenters. The lowest BCUT2D eigenvalue weighted by Gasteiger charge is -1.74. The number of aliphatic hydroxyl groups is 1. The van der Waals surface area contributed by atoms with Crippen LogP contribution in [0.25, 0.3) is 0 Å². The Balaban J connectivity index is 1.97. The normalized spacial score (nSPS) is 7.50. The first-order valence-electron chi connectivity index (χ1n) is 0.816. The predicted octanol–water partition coefficient (Wildman–Crippen LogP) is -1.24. The van der Waals surface area contributed by atoms with E-state index < -0.39 is 0 Å². The van der Waals surface area contributed by atoms with E-state index in [0.717, 1.165) is 6.32 Å². The largest absolute Gasteiger partial charge is 0.400 e. The zero-order valence-corrected chi connectivity index (χ0v) is 1.86. The quantitative estimate of drug-likeness (QED) is 0.374. The average Bonchev–Trinajstić information content (AvgIpc) is 1.37. The van der Waals surface area contributed by atoms with Gasteiger partial charge in [0.25, 0.3) is 0 Å². The summed E-state index contributed by atoms with van der Waals surface area (Å²) in [6.45, 7) is 0.431. The summed E-state index contributed by atoms with van der Waals surface area (Å²) < 4.78 is 0. The molecule has 2 heteroatoms. The van der Waals surface area contributed by atoms with E-state index in [-0.39, 0.29) is 0 Å². The number of hydrogen-bond donors (Lipinski definition) is 1. The number of rotatable bonds is 1. The fourth-order valence-electron chi connectivity index (χ4n) is 0. The molecule has 0 heterocycles. The number of hydrogen-bond acceptors (Lipinski definition) is 1. The van der Waals surface area contributed by atoms with E-state index in [1.54, 1.807) is 0 Å². The lowest BCUT2D eigenvalue weighted by molar-refractivity contribution is 0.319. The van der Waals surface area contributed by atoms with Gasteiger partial charge in [-0.25, -0.2) is 0 Å². The molecule has 0 aromatic carbocycles. The van der Waals surface area contributed by atoms with Gasteiger partial charge in [-0.15, -0.1) is 0 Å². The summed E-state index contributed by atoms with van der Waals surface area (Å²) in [4.78, 5) is 0. The van der Waals surface area contributed by atoms with Crippen molar-refractivity contribution in [3.8, 4) is 0 Å². The molecule has 0 aliphatic heterocycles. The minimum Gasteiger partial charge on any atom is -0.400 e. The second kappa shape index (κ2) is 3.02. The number of aliphatic hydroxyl groups excluding tert-OH is 1. The highest BCUT2D eigenvalue weighted by Crippen LogP contribution is 1.56. The van der Waals surface area contributed by atoms with Crippen LogP contribution in [0.1, 0.15) is 0 Å². The summed E-state index contributed by atoms with van der Waals surface area (Å²) in [7, 11) is 0.507. The maximum Gasteiger partial charge on any atom is 0.0110 e. The van der Waals surface area contributed by atoms with Crippen LogP contribution >= 0.6 is 0 Å². The van der Waals surface area contributed by atoms with E-state index >= 15 is 0 Å². The predicted molar refractivity (Wildman–Crippen MR) is 21.8 cm³/mol. The Morgan fingerprint density at radius 2 is 2.00 bits per heavy atom. The third kappa shape index (κ3) is 2.02. The molecule has 0 saturated carbocycles. The third-order valence-electron chi connectivity index (χ3n) is 0. The van der Waals surface area contributed by atoms with Gasteiger partial charge in [0.1, 0.15) is 0 Å². The maximum absolute atomic E-state index is 7.94. The van der Waals surface area contributed by atoms with Gasteiger partial charge in [-0.1, -0.05) is 0 Å². The minimum absolute atomic E-state index is 0.431. The van der Waals surface area contributed by atoms with Crippen molar-refractivity contribution in [2.45, 2.75) is 6.32 Å². The molecule has 0 fully saturated rings. The van der Waals surface area contributed by atoms with E-state index in [0.29, 0.717) is 14.5 Å². The maximum atomic E-state index is 7.94. The van der Waals surface area contributed by atoms with Crippen molar-refractivity contribution in [3.05, 3.63) is 0 Å². The molecule has 0 bridgehead atoms. The summed E-state index contributed by atoms with van der Waals surface area (Å²) in [5.74, 6) is 0. The second-order valence-corrected chi connectivity index (χ2v) is 0.224. The molecule has 0 radical (unpaired) electrons. The van der Waals surface area contributed by atoms with Gasteiger partial charge in [-0.05, 0) is 7.85 Å². The van der Waals surface area contributed by atoms with Crippen molar-refractivity contribution in [2.75, 3.05) is 6.61 Å². The molecule has 0 rings (SSSR count). The van der Waals surface area contributed by atoms with Gasteiger partial charge in [0.2, 0.25) is 0 Å². The first-order valence-corrected chi connectivity index (χ1v) is 0.816. The minimum atomic E-state index is 0.431. The first kappa shape index (κ1) is 4.02. The standard InChI is InChI=1S/C2H8BO/c3-1-2-4/h4H,1-2H2,3H3/q-1. The molecule has 0 amide bonds. The fourth-order valence-corrected chi connectivity index (χ4v) is 0. The molecule has 0 aliphatic rings. The van der Waals surface area contributed by atoms with Crippen LogP contribution in [0.4, 0.5) is 0 Å². The summed E-state index contributed by atoms with van der Waals surface area (Å²) >= 11 is 0. The highest BCUT2D eigenvalue weighted by Gasteiger charge is 1.51. The van der Waals surface area contributed by atoms with Gasteiger partial charge >= 0.3 is 0 Å². The van der Waals surface area contributed by atoms with Crippen molar-refractivity contribution in [3.63, 3.8) is 0 Å². The Bertz CT molecular complexity index is 8.00. The molecule has 1 N–H and O–H groups in total. The highest BCUT2D eigenvalue weighted by atomic mass is 16.2. The van der Waals surface area contributed by atoms with E-state index in [1.165, 1.54) is 0 Å². The van der Waals surface area contributed by atoms with Crippen LogP contribution in [0.5, 0.6) is 0 Å². The molecule has 0 aromatic heterocycles. The summed E-state index contributed by atoms with van der Waals surface area (Å²) in [5.41, 5.74) is 0. The van der Waals surface area contributed by atoms with E-state index in [2.05, 4.69) is 0 Å². The lowest BCUT2D eigenvalue weighted by atomic mass is 10.1. The van der Waals surface area contributed by atoms with Crippen LogP contribution in [0.15, 0.2) is 0 Å². The topological polar surface area (TPSA) is 20.2 Å². The molecule has 1 nitrogen and oxygen atoms in total. The zero-order chi connectivity index (χ0) is 3.41. The highest BCUT2D eigenvalue weighted by molar-refractivity contribution is 6.08. The molecule has 0 spiro atoms. The average molecular weight is 58.9 g/mol. The molecule has 0 atom stereocenters. The van der Waals surface area contributed by atoms with Crippen LogP contribution in [-0.2, 0) is 0 Å². The van der Waals surface area contributed by atoms with Crippen LogP contribution in [0, 0.1) is 0 Å². The van der Waals surface area contributed by atoms with Crippen molar-refractivity contribution in [1.29, 1.82) is 0 Å². The zero-order valence-electron chi connectivity index (χ0n) is 1.86. The van der Waals surface area contributed by atoms with Crippen molar-refractivity contribution >= 4 is 7.85 Å². The second-order valence-electron chi connectivity index (χ2n) is 0.224. The molecule has 4 heavy (non-hydrogen) atoms. The SMILES string of the molecule is [BH3-]CCO. The van der Waals surface area contributed by atoms with Gasteiger partial charge in [-0.3, -0.25) is 0 Å². The summed E-state index contributed by atoms with van der Waals surface area (Å²) in [6, 6.07) is 0. The van der Waals surface area contributed by atoms with E-state index in [4.69, 9.17) is 5.11 Å². The first-order chi connectivity index (χ1) is 1.91. The Kier molecular flexibility index (Phi) is 3.04. The molecule has 0 aromatic rings. The van der Waals surface area contributed by atoms with E-state index in [1.807, 2.05) is 0 Å². The Hall–Kier alpha value is 0.0249. The summed E-state index contributed by atoms with van der Waals surface area (Å²) in [5, 5.41) is 7.94. The van der Waals surface area contributed by atoms with Gasteiger partial charge in [0.05, 0.1) is 0 Å². The van der Waals surface area contributed by atoms with Crippen molar-refractivity contribution in [2.24, 2.45) is 0 Å². The smallest absolute Gasteiger partial charge is 0.0110 e. The molecule has 0 saturated heterocycles. The lowest BCUT2D eigenvalue weighted by Crippen LogP contribution is -1.73. The molecule has 0 aliphatic carbocycles. The molecular formula is C2H8BO-. The van der Waals surface area contributed by atoms with Gasteiger partial charge in [-0.2, -0.15) is 6.32 Å². The van der Waals surface area contributed by atoms with Gasteiger partial charge in [0, 0.05) is 6.61 Å². The summed E-state index contributed by atoms with van der Waals surface area (Å²) in [6.07, 6.45) is 1.12. The van der Waals surface area contributed by atoms with Crippen LogP contribution in [0.3, 0.4) is 0 Å². The van der Waals surface area contributed by atoms with Crippen LogP contribution in [0.2, 0.25) is 6.32 Å². The third-order valence-corrected chi connectivity index (χ3v) is 0. The van der Waals surface area contributed by atoms with Crippen LogP contribution < -0.4 is 0 Å². The molecule has 26 valence electrons. The van der Waals surface area contributed by atoms with Crippen molar-refractivity contribution in [1.82, 2.24) is 0 Å². The molecular weight excluding hydrogens is 50.8 g/mol. The van der Waals surface area contributed by atoms with Crippen molar-refractivity contribution < 1.29 is 5.11 Å². The Labute approximate surface area is 27.1 Å². The van der Waals surface area contributed by atoms with Gasteiger partial charge in [0.15, 0.2) is 0 Å². The monoisotopic (exact) mass is 59.1 g/mol. The Morgan fingerprint density at radius 1 is 1.75 bits per heavy atom. The fraction of sp³-hybridized carbons (Fsp3) is 1.00. The van der Waals surface area contributed by atoms with E-state index in [9.17, 15) is 0 Å². The van der Waals surface area contributed by atoms with Gasteiger partial charge < -0.3 is 5.11 Å².